The summed E-state index contributed by atoms with van der Waals surface area (Å²) >= 11 is 0. The second-order valence-corrected chi connectivity index (χ2v) is 2.83. The van der Waals surface area contributed by atoms with Gasteiger partial charge in [-0.05, 0) is 0 Å². The standard InChI is InChI=1S/C10H12.Re.Rf/c1-8(2)10-7-5-4-6-9(10)3;;/h4,7-8H,1-3H3;;/q-2;;. The molecule has 0 unspecified atom stereocenters. The SMILES string of the molecule is Cc1[c-]c[c-]cc1C(C)C.[Re].[Rf]. The van der Waals surface area contributed by atoms with Gasteiger partial charge >= 0.3 is 0 Å². The van der Waals surface area contributed by atoms with E-state index in [0.29, 0.717) is 5.92 Å². The first-order valence-electron chi connectivity index (χ1n) is 3.60. The molecular formula is C10H12ReRf-2. The number of hydrogen-bond donors (Lipinski definition) is 0. The molecule has 0 nitrogen and oxygen atoms in total. The fraction of sp³-hybridized carbons (Fsp3) is 0.400. The molecule has 1 aromatic carbocycles. The molecule has 0 aliphatic rings. The first-order valence-corrected chi connectivity index (χ1v) is 3.60. The predicted molar refractivity (Wildman–Crippen MR) is 42.9 cm³/mol. The van der Waals surface area contributed by atoms with Crippen molar-refractivity contribution < 1.29 is 20.4 Å². The summed E-state index contributed by atoms with van der Waals surface area (Å²) in [7, 11) is 0. The van der Waals surface area contributed by atoms with E-state index < -0.39 is 0 Å². The largest absolute Gasteiger partial charge is 0.359 e. The molecule has 0 aromatic heterocycles. The van der Waals surface area contributed by atoms with Crippen LogP contribution >= 0.6 is 0 Å². The Hall–Kier alpha value is -1.12. The molecule has 0 atom stereocenters. The van der Waals surface area contributed by atoms with E-state index in [2.05, 4.69) is 32.9 Å². The fourth-order valence-electron chi connectivity index (χ4n) is 1.07. The third kappa shape index (κ3) is 2.86. The van der Waals surface area contributed by atoms with E-state index in [1.54, 1.807) is 0 Å². The van der Waals surface area contributed by atoms with E-state index in [1.807, 2.05) is 12.1 Å². The van der Waals surface area contributed by atoms with Crippen molar-refractivity contribution in [1.82, 2.24) is 0 Å². The molecule has 0 aliphatic heterocycles. The van der Waals surface area contributed by atoms with Gasteiger partial charge in [-0.1, -0.05) is 20.8 Å². The van der Waals surface area contributed by atoms with Crippen LogP contribution in [-0.4, -0.2) is 0 Å². The van der Waals surface area contributed by atoms with Crippen LogP contribution in [0, 0.1) is 19.1 Å². The minimum atomic E-state index is 0. The quantitative estimate of drug-likeness (QED) is 0.445. The van der Waals surface area contributed by atoms with Crippen LogP contribution in [0.3, 0.4) is 0 Å². The number of aryl methyl sites for hydroxylation is 1. The Labute approximate surface area is 82.7 Å². The Morgan fingerprint density at radius 3 is 2.25 bits per heavy atom. The van der Waals surface area contributed by atoms with Crippen molar-refractivity contribution in [1.29, 1.82) is 0 Å². The first kappa shape index (κ1) is 13.5. The predicted octanol–water partition coefficient (Wildman–Crippen LogP) is 2.72. The van der Waals surface area contributed by atoms with Gasteiger partial charge in [-0.2, -0.15) is 0 Å². The monoisotopic (exact) mass is 586 g/mol. The van der Waals surface area contributed by atoms with E-state index in [1.165, 1.54) is 11.1 Å². The molecule has 0 fully saturated rings. The summed E-state index contributed by atoms with van der Waals surface area (Å²) in [5.74, 6) is 0.591. The van der Waals surface area contributed by atoms with Gasteiger partial charge in [0.1, 0.15) is 0 Å². The molecule has 0 aliphatic carbocycles. The van der Waals surface area contributed by atoms with E-state index in [9.17, 15) is 0 Å². The molecule has 0 saturated carbocycles. The smallest absolute Gasteiger partial charge is 0 e. The second-order valence-electron chi connectivity index (χ2n) is 2.83. The maximum Gasteiger partial charge on any atom is 0 e. The molecule has 0 spiro atoms. The third-order valence-electron chi connectivity index (χ3n) is 1.67. The molecule has 2 heteroatoms. The molecule has 0 bridgehead atoms. The van der Waals surface area contributed by atoms with Gasteiger partial charge in [-0.15, -0.1) is 5.92 Å². The minimum absolute atomic E-state index is 0. The van der Waals surface area contributed by atoms with Crippen molar-refractivity contribution >= 4 is 0 Å². The van der Waals surface area contributed by atoms with Crippen LogP contribution in [0.25, 0.3) is 0 Å². The Morgan fingerprint density at radius 2 is 1.92 bits per heavy atom. The van der Waals surface area contributed by atoms with Gasteiger partial charge < -0.3 is 18.2 Å². The summed E-state index contributed by atoms with van der Waals surface area (Å²) < 4.78 is 0. The van der Waals surface area contributed by atoms with Crippen LogP contribution in [-0.2, 0) is 20.4 Å². The fourth-order valence-corrected chi connectivity index (χ4v) is 1.07. The maximum absolute atomic E-state index is 3.13. The molecule has 0 N–H and O–H groups in total. The van der Waals surface area contributed by atoms with Gasteiger partial charge in [-0.25, -0.2) is 0 Å². The van der Waals surface area contributed by atoms with Crippen LogP contribution in [0.5, 0.6) is 0 Å². The van der Waals surface area contributed by atoms with E-state index in [0.717, 1.165) is 0 Å². The summed E-state index contributed by atoms with van der Waals surface area (Å²) in [4.78, 5) is 0. The third-order valence-corrected chi connectivity index (χ3v) is 1.67. The summed E-state index contributed by atoms with van der Waals surface area (Å²) in [6, 6.07) is 10.0. The molecule has 12 heavy (non-hydrogen) atoms. The summed E-state index contributed by atoms with van der Waals surface area (Å²) in [5, 5.41) is 0. The van der Waals surface area contributed by atoms with Crippen molar-refractivity contribution in [2.24, 2.45) is 0 Å². The van der Waals surface area contributed by atoms with Crippen LogP contribution in [0.15, 0.2) is 12.1 Å². The summed E-state index contributed by atoms with van der Waals surface area (Å²) in [6.45, 7) is 6.46. The molecule has 0 heterocycles. The second kappa shape index (κ2) is 5.52. The molecule has 1 radical (unpaired) electrons. The van der Waals surface area contributed by atoms with Crippen molar-refractivity contribution in [3.05, 3.63) is 35.4 Å². The van der Waals surface area contributed by atoms with Gasteiger partial charge in [0, 0.05) is 20.4 Å². The average Bonchev–Trinajstić information content (AvgIpc) is 1.88. The first-order chi connectivity index (χ1) is 4.72. The normalized spacial score (nSPS) is 8.67. The zero-order chi connectivity index (χ0) is 7.56. The summed E-state index contributed by atoms with van der Waals surface area (Å²) in [6.07, 6.45) is 0. The van der Waals surface area contributed by atoms with E-state index >= 15 is 0 Å². The molecule has 1 aromatic rings. The van der Waals surface area contributed by atoms with Crippen molar-refractivity contribution in [2.75, 3.05) is 0 Å². The molecule has 1 rings (SSSR count). The number of rotatable bonds is 1. The van der Waals surface area contributed by atoms with Crippen molar-refractivity contribution in [3.8, 4) is 0 Å². The van der Waals surface area contributed by atoms with Gasteiger partial charge in [0.25, 0.3) is 0 Å². The molecule has 0 amide bonds. The van der Waals surface area contributed by atoms with E-state index in [4.69, 9.17) is 0 Å². The Morgan fingerprint density at radius 1 is 1.33 bits per heavy atom. The van der Waals surface area contributed by atoms with Crippen LogP contribution in [0.2, 0.25) is 0 Å². The van der Waals surface area contributed by atoms with Gasteiger partial charge in [0.05, 0.1) is 0 Å². The van der Waals surface area contributed by atoms with E-state index in [-0.39, 0.29) is 20.4 Å². The van der Waals surface area contributed by atoms with Gasteiger partial charge in [0.15, 0.2) is 0 Å². The van der Waals surface area contributed by atoms with Crippen molar-refractivity contribution in [2.45, 2.75) is 26.7 Å². The average molecular weight is 585 g/mol. The molecule has 0 saturated heterocycles. The Kier molecular flexibility index (Phi) is 6.20. The van der Waals surface area contributed by atoms with Crippen LogP contribution in [0.4, 0.5) is 0 Å². The van der Waals surface area contributed by atoms with Gasteiger partial charge in [0.2, 0.25) is 0 Å². The van der Waals surface area contributed by atoms with Crippen molar-refractivity contribution in [3.63, 3.8) is 0 Å². The zero-order valence-electron chi connectivity index (χ0n) is 7.82. The number of hydrogen-bond acceptors (Lipinski definition) is 0. The molecule has 63 valence electrons. The zero-order valence-corrected chi connectivity index (χ0v) is 16.9. The summed E-state index contributed by atoms with van der Waals surface area (Å²) in [5.41, 5.74) is 2.59. The van der Waals surface area contributed by atoms with Crippen LogP contribution < -0.4 is 0 Å². The topological polar surface area (TPSA) is 0 Å². The maximum atomic E-state index is 3.13. The Balaban J connectivity index is 0. The van der Waals surface area contributed by atoms with Crippen LogP contribution in [0.1, 0.15) is 30.9 Å². The number of benzene rings is 1. The Bertz CT molecular complexity index is 221. The van der Waals surface area contributed by atoms with Gasteiger partial charge in [-0.3, -0.25) is 17.2 Å². The molecular weight excluding hydrogens is 573 g/mol. The minimum Gasteiger partial charge on any atom is -0.359 e.